The molecule has 15 nitrogen and oxygen atoms in total. The number of aromatic nitrogens is 5. The van der Waals surface area contributed by atoms with Gasteiger partial charge in [-0.05, 0) is 93.3 Å². The largest absolute Gasteiger partial charge is 0.393 e. The Morgan fingerprint density at radius 1 is 0.848 bits per heavy atom. The molecule has 6 heterocycles. The molecule has 4 aliphatic rings. The van der Waals surface area contributed by atoms with Gasteiger partial charge in [0.05, 0.1) is 36.8 Å². The molecule has 354 valence electrons. The number of carbonyl (C=O) groups is 2. The first-order valence-corrected chi connectivity index (χ1v) is 23.6. The van der Waals surface area contributed by atoms with Gasteiger partial charge in [0.25, 0.3) is 0 Å². The van der Waals surface area contributed by atoms with Crippen LogP contribution in [0.2, 0.25) is 0 Å². The third-order valence-electron chi connectivity index (χ3n) is 14.2. The summed E-state index contributed by atoms with van der Waals surface area (Å²) in [6.07, 6.45) is 4.81. The summed E-state index contributed by atoms with van der Waals surface area (Å²) >= 11 is 0. The standard InChI is InChI=1S/C48H61F3N10O5/c1-56-42-28-32(4-11-40(42)61(47(56)65)41-12-13-43(63)54-45(41)64)16-26-66-27-25-57-19-14-35(15-20-57)59-23-21-58(22-24-59)30-33-2-5-34(6-3-33)39-31-60(36-7-9-37(62)10-8-36)44-38(39)29-53-46(55-44)52-18-17-48(49,50)51/h2-6,11,28-29,31,35-37,41,62H,7-10,12-27,30H2,1H3,(H,52,53,55)(H,54,63,64)/t36-,37-,41-/m0/s1. The van der Waals surface area contributed by atoms with Gasteiger partial charge in [-0.2, -0.15) is 18.2 Å². The highest BCUT2D eigenvalue weighted by atomic mass is 19.4. The summed E-state index contributed by atoms with van der Waals surface area (Å²) in [7, 11) is 1.71. The number of likely N-dealkylation sites (tertiary alicyclic amines) is 1. The zero-order valence-electron chi connectivity index (χ0n) is 37.6. The molecule has 3 saturated heterocycles. The van der Waals surface area contributed by atoms with Crippen molar-refractivity contribution in [1.82, 2.24) is 43.7 Å². The lowest BCUT2D eigenvalue weighted by atomic mass is 9.93. The van der Waals surface area contributed by atoms with E-state index in [0.717, 1.165) is 106 Å². The van der Waals surface area contributed by atoms with E-state index in [1.165, 1.54) is 10.1 Å². The first-order chi connectivity index (χ1) is 31.9. The molecule has 18 heteroatoms. The molecule has 0 radical (unpaired) electrons. The van der Waals surface area contributed by atoms with Crippen LogP contribution in [0.25, 0.3) is 33.2 Å². The fourth-order valence-electron chi connectivity index (χ4n) is 10.4. The van der Waals surface area contributed by atoms with E-state index in [1.807, 2.05) is 18.2 Å². The number of hydrogen-bond donors (Lipinski definition) is 3. The van der Waals surface area contributed by atoms with E-state index in [1.54, 1.807) is 17.8 Å². The fourth-order valence-corrected chi connectivity index (χ4v) is 10.4. The molecule has 2 amide bonds. The van der Waals surface area contributed by atoms with Crippen LogP contribution in [0.1, 0.15) is 81.0 Å². The zero-order chi connectivity index (χ0) is 46.0. The molecule has 0 spiro atoms. The molecule has 3 aromatic heterocycles. The van der Waals surface area contributed by atoms with E-state index >= 15 is 0 Å². The number of alkyl halides is 3. The number of ether oxygens (including phenoxy) is 1. The topological polar surface area (TPSA) is 155 Å². The Labute approximate surface area is 381 Å². The van der Waals surface area contributed by atoms with Gasteiger partial charge in [-0.15, -0.1) is 0 Å². The zero-order valence-corrected chi connectivity index (χ0v) is 37.6. The Hall–Kier alpha value is -5.14. The first-order valence-electron chi connectivity index (χ1n) is 23.6. The highest BCUT2D eigenvalue weighted by molar-refractivity contribution is 6.00. The minimum Gasteiger partial charge on any atom is -0.393 e. The lowest BCUT2D eigenvalue weighted by molar-refractivity contribution is -0.136. The van der Waals surface area contributed by atoms with E-state index in [9.17, 15) is 32.7 Å². The lowest BCUT2D eigenvalue weighted by Gasteiger charge is -2.42. The summed E-state index contributed by atoms with van der Waals surface area (Å²) in [6.45, 7) is 8.98. The molecular formula is C48H61F3N10O5. The molecule has 1 atom stereocenters. The van der Waals surface area contributed by atoms with Crippen molar-refractivity contribution in [3.63, 3.8) is 0 Å². The minimum absolute atomic E-state index is 0.136. The van der Waals surface area contributed by atoms with Crippen LogP contribution in [0.15, 0.2) is 59.7 Å². The molecule has 0 unspecified atom stereocenters. The Bertz CT molecular complexity index is 2550. The van der Waals surface area contributed by atoms with Gasteiger partial charge in [-0.1, -0.05) is 30.3 Å². The van der Waals surface area contributed by atoms with Gasteiger partial charge in [-0.25, -0.2) is 9.78 Å². The van der Waals surface area contributed by atoms with Gasteiger partial charge in [0.15, 0.2) is 0 Å². The minimum atomic E-state index is -4.26. The number of piperidine rings is 2. The molecule has 3 N–H and O–H groups in total. The van der Waals surface area contributed by atoms with E-state index in [2.05, 4.69) is 65.3 Å². The molecule has 0 bridgehead atoms. The maximum absolute atomic E-state index is 13.1. The van der Waals surface area contributed by atoms with E-state index in [0.29, 0.717) is 56.1 Å². The van der Waals surface area contributed by atoms with E-state index in [-0.39, 0.29) is 42.7 Å². The van der Waals surface area contributed by atoms with Crippen LogP contribution in [-0.2, 0) is 34.3 Å². The SMILES string of the molecule is Cn1c(=O)n([C@H]2CCC(=O)NC2=O)c2ccc(CCOCCN3CCC(N4CCN(Cc5ccc(-c6cn([C@H]7CC[C@H](O)CC7)c7nc(NCCC(F)(F)F)ncc67)cc5)CC4)CC3)cc21. The van der Waals surface area contributed by atoms with Gasteiger partial charge in [0.2, 0.25) is 17.8 Å². The maximum Gasteiger partial charge on any atom is 0.390 e. The van der Waals surface area contributed by atoms with E-state index in [4.69, 9.17) is 9.72 Å². The predicted molar refractivity (Wildman–Crippen MR) is 245 cm³/mol. The third kappa shape index (κ3) is 10.5. The van der Waals surface area contributed by atoms with Gasteiger partial charge < -0.3 is 24.6 Å². The second-order valence-corrected chi connectivity index (χ2v) is 18.6. The predicted octanol–water partition coefficient (Wildman–Crippen LogP) is 5.41. The van der Waals surface area contributed by atoms with Crippen molar-refractivity contribution in [2.45, 2.75) is 101 Å². The Balaban J connectivity index is 0.709. The molecule has 1 saturated carbocycles. The van der Waals surface area contributed by atoms with Crippen LogP contribution in [0.4, 0.5) is 19.1 Å². The van der Waals surface area contributed by atoms with Gasteiger partial charge in [-0.3, -0.25) is 33.8 Å². The van der Waals surface area contributed by atoms with Crippen LogP contribution >= 0.6 is 0 Å². The molecule has 1 aliphatic carbocycles. The molecule has 5 aromatic rings. The van der Waals surface area contributed by atoms with Crippen LogP contribution in [-0.4, -0.2) is 139 Å². The van der Waals surface area contributed by atoms with Crippen molar-refractivity contribution in [3.05, 3.63) is 76.5 Å². The van der Waals surface area contributed by atoms with Crippen molar-refractivity contribution in [2.75, 3.05) is 70.9 Å². The Morgan fingerprint density at radius 2 is 1.59 bits per heavy atom. The summed E-state index contributed by atoms with van der Waals surface area (Å²) in [5.41, 5.74) is 6.19. The molecular weight excluding hydrogens is 854 g/mol. The summed E-state index contributed by atoms with van der Waals surface area (Å²) in [5, 5.41) is 16.1. The summed E-state index contributed by atoms with van der Waals surface area (Å²) in [5.74, 6) is -0.563. The van der Waals surface area contributed by atoms with Crippen molar-refractivity contribution < 1.29 is 32.6 Å². The van der Waals surface area contributed by atoms with Crippen LogP contribution < -0.4 is 16.3 Å². The smallest absolute Gasteiger partial charge is 0.390 e. The molecule has 66 heavy (non-hydrogen) atoms. The van der Waals surface area contributed by atoms with Crippen molar-refractivity contribution in [2.24, 2.45) is 7.05 Å². The number of carbonyl (C=O) groups excluding carboxylic acids is 2. The average molecular weight is 915 g/mol. The number of hydrogen-bond acceptors (Lipinski definition) is 11. The number of piperazine rings is 1. The van der Waals surface area contributed by atoms with Crippen molar-refractivity contribution in [1.29, 1.82) is 0 Å². The normalized spacial score (nSPS) is 22.1. The van der Waals surface area contributed by atoms with Gasteiger partial charge in [0, 0.05) is 94.7 Å². The van der Waals surface area contributed by atoms with Crippen LogP contribution in [0.3, 0.4) is 0 Å². The quantitative estimate of drug-likeness (QED) is 0.0913. The van der Waals surface area contributed by atoms with Crippen LogP contribution in [0, 0.1) is 0 Å². The number of halogens is 3. The van der Waals surface area contributed by atoms with E-state index < -0.39 is 24.5 Å². The Kier molecular flexibility index (Phi) is 13.9. The fraction of sp³-hybridized carbons (Fsp3) is 0.562. The molecule has 3 aliphatic heterocycles. The highest BCUT2D eigenvalue weighted by Crippen LogP contribution is 2.37. The Morgan fingerprint density at radius 3 is 2.32 bits per heavy atom. The summed E-state index contributed by atoms with van der Waals surface area (Å²) in [6, 6.07) is 14.5. The number of imidazole rings is 1. The number of imide groups is 1. The van der Waals surface area contributed by atoms with Crippen molar-refractivity contribution >= 4 is 39.8 Å². The van der Waals surface area contributed by atoms with Crippen molar-refractivity contribution in [3.8, 4) is 11.1 Å². The number of nitrogens with zero attached hydrogens (tertiary/aromatic N) is 8. The second kappa shape index (κ2) is 20.0. The number of aryl methyl sites for hydroxylation is 1. The lowest BCUT2D eigenvalue weighted by Crippen LogP contribution is -2.53. The van der Waals surface area contributed by atoms with Gasteiger partial charge in [0.1, 0.15) is 11.7 Å². The maximum atomic E-state index is 13.1. The summed E-state index contributed by atoms with van der Waals surface area (Å²) < 4.78 is 49.7. The monoisotopic (exact) mass is 914 g/mol. The number of benzene rings is 2. The second-order valence-electron chi connectivity index (χ2n) is 18.6. The number of anilines is 1. The number of aliphatic hydroxyl groups excluding tert-OH is 1. The summed E-state index contributed by atoms with van der Waals surface area (Å²) in [4.78, 5) is 54.1. The number of nitrogens with one attached hydrogen (secondary N) is 2. The number of aliphatic hydroxyl groups is 1. The molecule has 2 aromatic carbocycles. The van der Waals surface area contributed by atoms with Gasteiger partial charge >= 0.3 is 11.9 Å². The number of amides is 2. The number of rotatable bonds is 15. The average Bonchev–Trinajstić information content (AvgIpc) is 3.80. The molecule has 9 rings (SSSR count). The third-order valence-corrected chi connectivity index (χ3v) is 14.2. The highest BCUT2D eigenvalue weighted by Gasteiger charge is 2.32. The number of fused-ring (bicyclic) bond motifs is 2. The van der Waals surface area contributed by atoms with Crippen LogP contribution in [0.5, 0.6) is 0 Å². The molecule has 4 fully saturated rings. The first kappa shape index (κ1) is 46.0.